The van der Waals surface area contributed by atoms with E-state index in [1.807, 2.05) is 24.3 Å². The number of carbonyl (C=O) groups is 2. The number of nitrogens with zero attached hydrogens (tertiary/aromatic N) is 1. The number of aryl methyl sites for hydroxylation is 1. The van der Waals surface area contributed by atoms with Gasteiger partial charge < -0.3 is 14.4 Å². The number of para-hydroxylation sites is 1. The quantitative estimate of drug-likeness (QED) is 0.680. The fourth-order valence-corrected chi connectivity index (χ4v) is 2.44. The Hall–Kier alpha value is -2.89. The van der Waals surface area contributed by atoms with Gasteiger partial charge in [0, 0.05) is 25.6 Å². The van der Waals surface area contributed by atoms with Crippen LogP contribution in [0.1, 0.15) is 17.5 Å². The summed E-state index contributed by atoms with van der Waals surface area (Å²) in [6.07, 6.45) is 0.604. The van der Waals surface area contributed by atoms with Crippen LogP contribution in [0.4, 0.5) is 4.39 Å². The van der Waals surface area contributed by atoms with Gasteiger partial charge in [-0.15, -0.1) is 0 Å². The molecule has 0 aliphatic heterocycles. The van der Waals surface area contributed by atoms with E-state index in [0.717, 1.165) is 5.56 Å². The average molecular weight is 359 g/mol. The van der Waals surface area contributed by atoms with Crippen molar-refractivity contribution in [1.29, 1.82) is 0 Å². The SMILES string of the molecule is COc1ccccc1CCC(=O)OCC(=O)N(C)Cc1ccccc1F. The first-order valence-electron chi connectivity index (χ1n) is 8.26. The molecule has 0 fully saturated rings. The molecule has 0 bridgehead atoms. The first kappa shape index (κ1) is 19.4. The zero-order chi connectivity index (χ0) is 18.9. The number of rotatable bonds is 8. The van der Waals surface area contributed by atoms with Crippen molar-refractivity contribution >= 4 is 11.9 Å². The second-order valence-corrected chi connectivity index (χ2v) is 5.81. The smallest absolute Gasteiger partial charge is 0.306 e. The predicted molar refractivity (Wildman–Crippen MR) is 95.1 cm³/mol. The molecule has 2 aromatic carbocycles. The van der Waals surface area contributed by atoms with Crippen LogP contribution in [-0.2, 0) is 27.3 Å². The van der Waals surface area contributed by atoms with Gasteiger partial charge in [-0.1, -0.05) is 36.4 Å². The highest BCUT2D eigenvalue weighted by molar-refractivity contribution is 5.80. The maximum Gasteiger partial charge on any atom is 0.306 e. The van der Waals surface area contributed by atoms with Crippen molar-refractivity contribution in [3.63, 3.8) is 0 Å². The number of hydrogen-bond donors (Lipinski definition) is 0. The maximum absolute atomic E-state index is 13.6. The van der Waals surface area contributed by atoms with Crippen molar-refractivity contribution in [2.75, 3.05) is 20.8 Å². The Bertz CT molecular complexity index is 763. The molecule has 0 saturated heterocycles. The molecule has 0 unspecified atom stereocenters. The van der Waals surface area contributed by atoms with Gasteiger partial charge in [-0.05, 0) is 24.1 Å². The number of esters is 1. The van der Waals surface area contributed by atoms with Crippen molar-refractivity contribution in [2.45, 2.75) is 19.4 Å². The van der Waals surface area contributed by atoms with E-state index >= 15 is 0 Å². The lowest BCUT2D eigenvalue weighted by molar-refractivity contribution is -0.151. The van der Waals surface area contributed by atoms with Crippen LogP contribution in [0.5, 0.6) is 5.75 Å². The second-order valence-electron chi connectivity index (χ2n) is 5.81. The normalized spacial score (nSPS) is 10.3. The molecule has 0 atom stereocenters. The Balaban J connectivity index is 1.77. The van der Waals surface area contributed by atoms with Crippen LogP contribution in [0.2, 0.25) is 0 Å². The number of methoxy groups -OCH3 is 1. The topological polar surface area (TPSA) is 55.8 Å². The fourth-order valence-electron chi connectivity index (χ4n) is 2.44. The highest BCUT2D eigenvalue weighted by Gasteiger charge is 2.14. The first-order chi connectivity index (χ1) is 12.5. The van der Waals surface area contributed by atoms with Gasteiger partial charge in [0.15, 0.2) is 6.61 Å². The van der Waals surface area contributed by atoms with Crippen LogP contribution < -0.4 is 4.74 Å². The summed E-state index contributed by atoms with van der Waals surface area (Å²) in [5, 5.41) is 0. The molecular weight excluding hydrogens is 337 g/mol. The lowest BCUT2D eigenvalue weighted by Gasteiger charge is -2.17. The van der Waals surface area contributed by atoms with E-state index in [4.69, 9.17) is 9.47 Å². The minimum Gasteiger partial charge on any atom is -0.496 e. The standard InChI is InChI=1S/C20H22FNO4/c1-22(13-16-8-3-5-9-17(16)21)19(23)14-26-20(24)12-11-15-7-4-6-10-18(15)25-2/h3-10H,11-14H2,1-2H3. The summed E-state index contributed by atoms with van der Waals surface area (Å²) in [5.41, 5.74) is 1.31. The van der Waals surface area contributed by atoms with Gasteiger partial charge in [0.25, 0.3) is 5.91 Å². The van der Waals surface area contributed by atoms with E-state index in [1.54, 1.807) is 25.3 Å². The van der Waals surface area contributed by atoms with Crippen molar-refractivity contribution in [2.24, 2.45) is 0 Å². The van der Waals surface area contributed by atoms with Gasteiger partial charge in [-0.3, -0.25) is 9.59 Å². The first-order valence-corrected chi connectivity index (χ1v) is 8.26. The van der Waals surface area contributed by atoms with E-state index in [9.17, 15) is 14.0 Å². The minimum absolute atomic E-state index is 0.115. The van der Waals surface area contributed by atoms with E-state index in [0.29, 0.717) is 17.7 Å². The second kappa shape index (κ2) is 9.56. The summed E-state index contributed by atoms with van der Waals surface area (Å²) in [6.45, 7) is -0.250. The number of amides is 1. The number of likely N-dealkylation sites (N-methyl/N-ethyl adjacent to an activating group) is 1. The Morgan fingerprint density at radius 2 is 1.69 bits per heavy atom. The molecule has 0 radical (unpaired) electrons. The molecule has 0 aliphatic carbocycles. The molecule has 0 heterocycles. The Morgan fingerprint density at radius 1 is 1.04 bits per heavy atom. The third-order valence-corrected chi connectivity index (χ3v) is 3.94. The summed E-state index contributed by atoms with van der Waals surface area (Å²) in [6, 6.07) is 13.7. The fraction of sp³-hybridized carbons (Fsp3) is 0.300. The monoisotopic (exact) mass is 359 g/mol. The van der Waals surface area contributed by atoms with Crippen LogP contribution in [0.15, 0.2) is 48.5 Å². The third-order valence-electron chi connectivity index (χ3n) is 3.94. The van der Waals surface area contributed by atoms with Gasteiger partial charge in [0.1, 0.15) is 11.6 Å². The molecule has 0 saturated carbocycles. The summed E-state index contributed by atoms with van der Waals surface area (Å²) < 4.78 is 23.9. The van der Waals surface area contributed by atoms with E-state index < -0.39 is 5.97 Å². The van der Waals surface area contributed by atoms with Gasteiger partial charge in [-0.2, -0.15) is 0 Å². The molecule has 138 valence electrons. The summed E-state index contributed by atoms with van der Waals surface area (Å²) in [7, 11) is 3.11. The lowest BCUT2D eigenvalue weighted by Crippen LogP contribution is -2.31. The largest absolute Gasteiger partial charge is 0.496 e. The van der Waals surface area contributed by atoms with E-state index in [-0.39, 0.29) is 31.3 Å². The van der Waals surface area contributed by atoms with E-state index in [2.05, 4.69) is 0 Å². The number of carbonyl (C=O) groups excluding carboxylic acids is 2. The summed E-state index contributed by atoms with van der Waals surface area (Å²) in [4.78, 5) is 25.2. The average Bonchev–Trinajstić information content (AvgIpc) is 2.66. The van der Waals surface area contributed by atoms with Crippen molar-refractivity contribution in [3.05, 3.63) is 65.5 Å². The van der Waals surface area contributed by atoms with Crippen LogP contribution in [0.3, 0.4) is 0 Å². The molecule has 2 aromatic rings. The van der Waals surface area contributed by atoms with Crippen molar-refractivity contribution < 1.29 is 23.5 Å². The number of hydrogen-bond acceptors (Lipinski definition) is 4. The number of benzene rings is 2. The zero-order valence-corrected chi connectivity index (χ0v) is 14.9. The Kier molecular flexibility index (Phi) is 7.14. The highest BCUT2D eigenvalue weighted by atomic mass is 19.1. The van der Waals surface area contributed by atoms with E-state index in [1.165, 1.54) is 18.0 Å². The zero-order valence-electron chi connectivity index (χ0n) is 14.9. The van der Waals surface area contributed by atoms with Crippen LogP contribution in [0.25, 0.3) is 0 Å². The minimum atomic E-state index is -0.469. The van der Waals surface area contributed by atoms with Crippen molar-refractivity contribution in [3.8, 4) is 5.75 Å². The number of ether oxygens (including phenoxy) is 2. The predicted octanol–water partition coefficient (Wildman–Crippen LogP) is 2.97. The van der Waals surface area contributed by atoms with Crippen LogP contribution in [-0.4, -0.2) is 37.5 Å². The molecule has 0 N–H and O–H groups in total. The lowest BCUT2D eigenvalue weighted by atomic mass is 10.1. The Labute approximate surface area is 152 Å². The Morgan fingerprint density at radius 3 is 2.38 bits per heavy atom. The summed E-state index contributed by atoms with van der Waals surface area (Å²) >= 11 is 0. The van der Waals surface area contributed by atoms with Crippen molar-refractivity contribution in [1.82, 2.24) is 4.90 Å². The molecule has 1 amide bonds. The molecule has 0 aromatic heterocycles. The molecule has 6 heteroatoms. The molecule has 5 nitrogen and oxygen atoms in total. The molecule has 0 aliphatic rings. The molecule has 26 heavy (non-hydrogen) atoms. The highest BCUT2D eigenvalue weighted by Crippen LogP contribution is 2.19. The van der Waals surface area contributed by atoms with Gasteiger partial charge in [0.2, 0.25) is 0 Å². The molecular formula is C20H22FNO4. The van der Waals surface area contributed by atoms with Crippen LogP contribution in [0, 0.1) is 5.82 Å². The van der Waals surface area contributed by atoms with Gasteiger partial charge in [-0.25, -0.2) is 4.39 Å². The van der Waals surface area contributed by atoms with Gasteiger partial charge in [0.05, 0.1) is 7.11 Å². The maximum atomic E-state index is 13.6. The van der Waals surface area contributed by atoms with Crippen LogP contribution >= 0.6 is 0 Å². The number of halogens is 1. The molecule has 0 spiro atoms. The summed E-state index contributed by atoms with van der Waals surface area (Å²) in [5.74, 6) is -0.524. The molecule has 2 rings (SSSR count). The van der Waals surface area contributed by atoms with Gasteiger partial charge >= 0.3 is 5.97 Å². The third kappa shape index (κ3) is 5.58.